The Kier molecular flexibility index (Phi) is 4.32. The monoisotopic (exact) mass is 301 g/mol. The van der Waals surface area contributed by atoms with Crippen molar-refractivity contribution in [2.75, 3.05) is 6.61 Å². The van der Waals surface area contributed by atoms with Gasteiger partial charge in [-0.2, -0.15) is 0 Å². The van der Waals surface area contributed by atoms with Crippen molar-refractivity contribution >= 4 is 35.4 Å². The highest BCUT2D eigenvalue weighted by molar-refractivity contribution is 6.35. The lowest BCUT2D eigenvalue weighted by Crippen LogP contribution is -2.26. The van der Waals surface area contributed by atoms with Crippen LogP contribution in [0.4, 0.5) is 0 Å². The molecule has 1 aromatic rings. The highest BCUT2D eigenvalue weighted by Gasteiger charge is 2.34. The molecule has 0 aliphatic carbocycles. The number of carbonyl (C=O) groups excluding carboxylic acids is 1. The Bertz CT molecular complexity index is 498. The van der Waals surface area contributed by atoms with Gasteiger partial charge >= 0.3 is 0 Å². The van der Waals surface area contributed by atoms with Crippen molar-refractivity contribution in [3.8, 4) is 0 Å². The Hall–Kier alpha value is -1.26. The molecule has 1 unspecified atom stereocenters. The van der Waals surface area contributed by atoms with Crippen LogP contribution >= 0.6 is 23.2 Å². The van der Waals surface area contributed by atoms with Crippen LogP contribution in [0.15, 0.2) is 23.4 Å². The van der Waals surface area contributed by atoms with Crippen LogP contribution in [-0.2, 0) is 14.4 Å². The van der Waals surface area contributed by atoms with Gasteiger partial charge in [0, 0.05) is 28.5 Å². The third-order valence-electron chi connectivity index (χ3n) is 2.93. The van der Waals surface area contributed by atoms with E-state index in [1.165, 1.54) is 0 Å². The Labute approximate surface area is 121 Å². The minimum absolute atomic E-state index is 0.305. The number of nitrogens with zero attached hydrogens (tertiary/aromatic N) is 1. The van der Waals surface area contributed by atoms with Crippen LogP contribution in [0, 0.1) is 0 Å². The molecule has 102 valence electrons. The average molecular weight is 302 g/mol. The predicted molar refractivity (Wildman–Crippen MR) is 73.7 cm³/mol. The molecule has 0 fully saturated rings. The fraction of sp³-hybridized carbons (Fsp3) is 0.385. The first kappa shape index (κ1) is 14.2. The molecular formula is C13H13Cl2NO3. The normalized spacial score (nSPS) is 21.7. The van der Waals surface area contributed by atoms with Crippen LogP contribution in [0.1, 0.15) is 25.3 Å². The van der Waals surface area contributed by atoms with E-state index in [-0.39, 0.29) is 0 Å². The third kappa shape index (κ3) is 3.61. The molecule has 1 heterocycles. The lowest BCUT2D eigenvalue weighted by Gasteiger charge is -2.20. The fourth-order valence-electron chi connectivity index (χ4n) is 1.92. The minimum atomic E-state index is -0.465. The fourth-order valence-corrected chi connectivity index (χ4v) is 2.44. The summed E-state index contributed by atoms with van der Waals surface area (Å²) in [6.07, 6.45) is 1.19. The summed E-state index contributed by atoms with van der Waals surface area (Å²) in [6.45, 7) is 2.65. The van der Waals surface area contributed by atoms with Gasteiger partial charge in [0.15, 0.2) is 0 Å². The highest BCUT2D eigenvalue weighted by atomic mass is 35.5. The molecule has 1 aliphatic rings. The number of hydrogen-bond donors (Lipinski definition) is 0. The van der Waals surface area contributed by atoms with Gasteiger partial charge in [-0.1, -0.05) is 28.4 Å². The van der Waals surface area contributed by atoms with Gasteiger partial charge in [0.2, 0.25) is 0 Å². The van der Waals surface area contributed by atoms with E-state index in [0.29, 0.717) is 36.0 Å². The second-order valence-corrected chi connectivity index (χ2v) is 5.50. The number of ether oxygens (including phenoxy) is 1. The number of rotatable bonds is 5. The van der Waals surface area contributed by atoms with Crippen LogP contribution in [-0.4, -0.2) is 24.4 Å². The van der Waals surface area contributed by atoms with Gasteiger partial charge in [0.05, 0.1) is 12.3 Å². The molecule has 0 bridgehead atoms. The summed E-state index contributed by atoms with van der Waals surface area (Å²) < 4.78 is 4.69. The van der Waals surface area contributed by atoms with Crippen LogP contribution in [0.5, 0.6) is 0 Å². The number of hydrogen-bond acceptors (Lipinski definition) is 4. The maximum atomic E-state index is 10.1. The third-order valence-corrected chi connectivity index (χ3v) is 3.37. The van der Waals surface area contributed by atoms with Crippen molar-refractivity contribution in [3.05, 3.63) is 33.8 Å². The SMILES string of the molecule is CC1(CCOC=O)CC(c2cc(Cl)cc(Cl)c2)=NO1. The van der Waals surface area contributed by atoms with Gasteiger partial charge in [-0.3, -0.25) is 4.79 Å². The number of benzene rings is 1. The summed E-state index contributed by atoms with van der Waals surface area (Å²) >= 11 is 11.9. The largest absolute Gasteiger partial charge is 0.468 e. The first-order chi connectivity index (χ1) is 9.02. The summed E-state index contributed by atoms with van der Waals surface area (Å²) in [6, 6.07) is 5.26. The molecule has 0 saturated heterocycles. The van der Waals surface area contributed by atoms with Gasteiger partial charge in [-0.15, -0.1) is 0 Å². The van der Waals surface area contributed by atoms with Gasteiger partial charge in [-0.25, -0.2) is 0 Å². The lowest BCUT2D eigenvalue weighted by atomic mass is 9.93. The van der Waals surface area contributed by atoms with Crippen molar-refractivity contribution in [2.24, 2.45) is 5.16 Å². The van der Waals surface area contributed by atoms with Gasteiger partial charge in [0.1, 0.15) is 5.60 Å². The first-order valence-electron chi connectivity index (χ1n) is 5.79. The van der Waals surface area contributed by atoms with Crippen molar-refractivity contribution < 1.29 is 14.4 Å². The minimum Gasteiger partial charge on any atom is -0.468 e. The number of oxime groups is 1. The van der Waals surface area contributed by atoms with Crippen LogP contribution in [0.25, 0.3) is 0 Å². The molecule has 0 spiro atoms. The summed E-state index contributed by atoms with van der Waals surface area (Å²) in [5, 5.41) is 5.19. The van der Waals surface area contributed by atoms with E-state index in [1.54, 1.807) is 18.2 Å². The Morgan fingerprint density at radius 3 is 2.74 bits per heavy atom. The molecule has 0 N–H and O–H groups in total. The molecule has 0 amide bonds. The summed E-state index contributed by atoms with van der Waals surface area (Å²) in [5.41, 5.74) is 1.17. The molecule has 0 radical (unpaired) electrons. The molecule has 6 heteroatoms. The van der Waals surface area contributed by atoms with E-state index < -0.39 is 5.60 Å². The van der Waals surface area contributed by atoms with E-state index in [4.69, 9.17) is 28.0 Å². The van der Waals surface area contributed by atoms with Crippen LogP contribution in [0.3, 0.4) is 0 Å². The van der Waals surface area contributed by atoms with E-state index in [0.717, 1.165) is 11.3 Å². The maximum absolute atomic E-state index is 10.1. The Balaban J connectivity index is 2.06. The quantitative estimate of drug-likeness (QED) is 0.618. The molecule has 1 aliphatic heterocycles. The molecular weight excluding hydrogens is 289 g/mol. The van der Waals surface area contributed by atoms with Gasteiger partial charge in [0.25, 0.3) is 6.47 Å². The maximum Gasteiger partial charge on any atom is 0.293 e. The van der Waals surface area contributed by atoms with Gasteiger partial charge < -0.3 is 9.57 Å². The van der Waals surface area contributed by atoms with Crippen molar-refractivity contribution in [3.63, 3.8) is 0 Å². The van der Waals surface area contributed by atoms with Crippen molar-refractivity contribution in [1.82, 2.24) is 0 Å². The molecule has 0 saturated carbocycles. The van der Waals surface area contributed by atoms with Crippen molar-refractivity contribution in [1.29, 1.82) is 0 Å². The highest BCUT2D eigenvalue weighted by Crippen LogP contribution is 2.31. The summed E-state index contributed by atoms with van der Waals surface area (Å²) in [4.78, 5) is 15.6. The summed E-state index contributed by atoms with van der Waals surface area (Å²) in [7, 11) is 0. The van der Waals surface area contributed by atoms with E-state index in [2.05, 4.69) is 9.89 Å². The lowest BCUT2D eigenvalue weighted by molar-refractivity contribution is -0.130. The van der Waals surface area contributed by atoms with E-state index >= 15 is 0 Å². The molecule has 0 aromatic heterocycles. The number of carbonyl (C=O) groups is 1. The first-order valence-corrected chi connectivity index (χ1v) is 6.55. The molecule has 2 rings (SSSR count). The average Bonchev–Trinajstić information content (AvgIpc) is 2.71. The van der Waals surface area contributed by atoms with E-state index in [1.807, 2.05) is 6.92 Å². The zero-order chi connectivity index (χ0) is 13.9. The van der Waals surface area contributed by atoms with Gasteiger partial charge in [-0.05, 0) is 25.1 Å². The van der Waals surface area contributed by atoms with Crippen LogP contribution in [0.2, 0.25) is 10.0 Å². The smallest absolute Gasteiger partial charge is 0.293 e. The molecule has 1 aromatic carbocycles. The molecule has 4 nitrogen and oxygen atoms in total. The number of halogens is 2. The van der Waals surface area contributed by atoms with Crippen LogP contribution < -0.4 is 0 Å². The second kappa shape index (κ2) is 5.80. The van der Waals surface area contributed by atoms with Crippen molar-refractivity contribution in [2.45, 2.75) is 25.4 Å². The Morgan fingerprint density at radius 1 is 1.42 bits per heavy atom. The second-order valence-electron chi connectivity index (χ2n) is 4.63. The Morgan fingerprint density at radius 2 is 2.11 bits per heavy atom. The topological polar surface area (TPSA) is 47.9 Å². The predicted octanol–water partition coefficient (Wildman–Crippen LogP) is 3.44. The molecule has 19 heavy (non-hydrogen) atoms. The zero-order valence-corrected chi connectivity index (χ0v) is 11.9. The standard InChI is InChI=1S/C13H13Cl2NO3/c1-13(2-3-18-8-17)7-12(16-19-13)9-4-10(14)6-11(15)5-9/h4-6,8H,2-3,7H2,1H3. The van der Waals surface area contributed by atoms with E-state index in [9.17, 15) is 4.79 Å². The molecule has 1 atom stereocenters. The summed E-state index contributed by atoms with van der Waals surface area (Å²) in [5.74, 6) is 0. The zero-order valence-electron chi connectivity index (χ0n) is 10.4.